The number of carbonyl (C=O) groups excluding carboxylic acids is 4. The van der Waals surface area contributed by atoms with Gasteiger partial charge in [-0.15, -0.1) is 0 Å². The summed E-state index contributed by atoms with van der Waals surface area (Å²) in [6, 6.07) is 17.1. The number of imide groups is 2. The first kappa shape index (κ1) is 25.5. The Balaban J connectivity index is 1.42. The number of amides is 5. The molecule has 1 fully saturated rings. The molecule has 1 saturated heterocycles. The highest BCUT2D eigenvalue weighted by molar-refractivity contribution is 6.39. The van der Waals surface area contributed by atoms with Crippen LogP contribution in [0.15, 0.2) is 72.3 Å². The number of anilines is 2. The number of ether oxygens (including phenoxy) is 2. The fourth-order valence-electron chi connectivity index (χ4n) is 3.47. The molecule has 0 unspecified atom stereocenters. The number of halogens is 1. The number of nitrogens with one attached hydrogen (secondary N) is 2. The van der Waals surface area contributed by atoms with Crippen molar-refractivity contribution >= 4 is 52.8 Å². The van der Waals surface area contributed by atoms with Gasteiger partial charge in [0.2, 0.25) is 0 Å². The molecule has 1 aliphatic heterocycles. The second-order valence-corrected chi connectivity index (χ2v) is 8.43. The molecule has 1 aliphatic rings. The van der Waals surface area contributed by atoms with Gasteiger partial charge in [-0.25, -0.2) is 9.69 Å². The van der Waals surface area contributed by atoms with Gasteiger partial charge in [-0.2, -0.15) is 0 Å². The number of hydrogen-bond donors (Lipinski definition) is 2. The second kappa shape index (κ2) is 11.0. The molecule has 0 spiro atoms. The van der Waals surface area contributed by atoms with Gasteiger partial charge >= 0.3 is 6.03 Å². The molecule has 188 valence electrons. The summed E-state index contributed by atoms with van der Waals surface area (Å²) in [4.78, 5) is 50.8. The number of nitrogens with zero attached hydrogens (tertiary/aromatic N) is 1. The monoisotopic (exact) mass is 519 g/mol. The molecule has 9 nitrogen and oxygen atoms in total. The number of barbiturate groups is 1. The highest BCUT2D eigenvalue weighted by Gasteiger charge is 2.36. The summed E-state index contributed by atoms with van der Waals surface area (Å²) in [5, 5.41) is 5.43. The highest BCUT2D eigenvalue weighted by Crippen LogP contribution is 2.25. The predicted molar refractivity (Wildman–Crippen MR) is 139 cm³/mol. The maximum atomic E-state index is 13.0. The van der Waals surface area contributed by atoms with E-state index in [1.807, 2.05) is 6.92 Å². The summed E-state index contributed by atoms with van der Waals surface area (Å²) in [6.45, 7) is 1.63. The fourth-order valence-corrected chi connectivity index (χ4v) is 3.65. The number of aryl methyl sites for hydroxylation is 1. The summed E-state index contributed by atoms with van der Waals surface area (Å²) in [6.07, 6.45) is 1.37. The highest BCUT2D eigenvalue weighted by atomic mass is 35.5. The van der Waals surface area contributed by atoms with Gasteiger partial charge in [-0.3, -0.25) is 19.7 Å². The van der Waals surface area contributed by atoms with Gasteiger partial charge in [0.05, 0.1) is 12.8 Å². The molecule has 0 radical (unpaired) electrons. The Kier molecular flexibility index (Phi) is 7.55. The van der Waals surface area contributed by atoms with E-state index in [2.05, 4.69) is 10.6 Å². The minimum atomic E-state index is -0.841. The van der Waals surface area contributed by atoms with E-state index in [-0.39, 0.29) is 23.8 Å². The van der Waals surface area contributed by atoms with Crippen LogP contribution in [0.25, 0.3) is 6.08 Å². The Morgan fingerprint density at radius 2 is 1.68 bits per heavy atom. The zero-order valence-corrected chi connectivity index (χ0v) is 20.7. The number of urea groups is 1. The van der Waals surface area contributed by atoms with Gasteiger partial charge in [0.25, 0.3) is 17.7 Å². The lowest BCUT2D eigenvalue weighted by atomic mass is 10.1. The normalized spacial score (nSPS) is 14.4. The SMILES string of the molecule is COc1ccc(N2C(=O)NC(=O)/C(=C\c3ccc(OCC(=O)Nc4ccc(C)c(Cl)c4)cc3)C2=O)cc1. The third kappa shape index (κ3) is 5.96. The van der Waals surface area contributed by atoms with Crippen LogP contribution >= 0.6 is 11.6 Å². The zero-order chi connectivity index (χ0) is 26.5. The molecule has 3 aromatic carbocycles. The standard InChI is InChI=1S/C27H22ClN3O6/c1-16-3-6-18(14-23(16)28)29-24(32)15-37-21-9-4-17(5-10-21)13-22-25(33)30-27(35)31(26(22)34)19-7-11-20(36-2)12-8-19/h3-14H,15H2,1-2H3,(H,29,32)(H,30,33,35)/b22-13+. The molecule has 0 saturated carbocycles. The van der Waals surface area contributed by atoms with Crippen LogP contribution in [0, 0.1) is 6.92 Å². The molecule has 0 atom stereocenters. The van der Waals surface area contributed by atoms with Gasteiger partial charge in [0.1, 0.15) is 17.1 Å². The van der Waals surface area contributed by atoms with Crippen molar-refractivity contribution in [3.63, 3.8) is 0 Å². The van der Waals surface area contributed by atoms with Crippen molar-refractivity contribution in [3.05, 3.63) is 88.5 Å². The van der Waals surface area contributed by atoms with Gasteiger partial charge < -0.3 is 14.8 Å². The lowest BCUT2D eigenvalue weighted by Gasteiger charge is -2.26. The second-order valence-electron chi connectivity index (χ2n) is 8.03. The van der Waals surface area contributed by atoms with Crippen molar-refractivity contribution in [2.45, 2.75) is 6.92 Å². The van der Waals surface area contributed by atoms with Gasteiger partial charge in [-0.1, -0.05) is 29.8 Å². The molecular formula is C27H22ClN3O6. The number of carbonyl (C=O) groups is 4. The van der Waals surface area contributed by atoms with E-state index in [0.717, 1.165) is 10.5 Å². The minimum Gasteiger partial charge on any atom is -0.497 e. The van der Waals surface area contributed by atoms with Crippen molar-refractivity contribution in [1.29, 1.82) is 0 Å². The summed E-state index contributed by atoms with van der Waals surface area (Å²) in [5.41, 5.74) is 2.06. The van der Waals surface area contributed by atoms with Crippen LogP contribution in [0.3, 0.4) is 0 Å². The van der Waals surface area contributed by atoms with E-state index < -0.39 is 17.8 Å². The number of hydrogen-bond acceptors (Lipinski definition) is 6. The van der Waals surface area contributed by atoms with Crippen molar-refractivity contribution < 1.29 is 28.7 Å². The van der Waals surface area contributed by atoms with Crippen molar-refractivity contribution in [3.8, 4) is 11.5 Å². The van der Waals surface area contributed by atoms with Crippen LogP contribution in [-0.2, 0) is 14.4 Å². The molecule has 2 N–H and O–H groups in total. The molecule has 10 heteroatoms. The first-order valence-corrected chi connectivity index (χ1v) is 11.5. The first-order valence-electron chi connectivity index (χ1n) is 11.1. The first-order chi connectivity index (χ1) is 17.7. The van der Waals surface area contributed by atoms with Gasteiger partial charge in [0, 0.05) is 10.7 Å². The van der Waals surface area contributed by atoms with Gasteiger partial charge in [-0.05, 0) is 72.7 Å². The molecule has 0 aliphatic carbocycles. The van der Waals surface area contributed by atoms with Crippen LogP contribution in [0.4, 0.5) is 16.2 Å². The molecule has 3 aromatic rings. The lowest BCUT2D eigenvalue weighted by molar-refractivity contribution is -0.122. The van der Waals surface area contributed by atoms with E-state index >= 15 is 0 Å². The van der Waals surface area contributed by atoms with Crippen LogP contribution in [-0.4, -0.2) is 37.5 Å². The quantitative estimate of drug-likeness (QED) is 0.354. The zero-order valence-electron chi connectivity index (χ0n) is 19.9. The summed E-state index contributed by atoms with van der Waals surface area (Å²) < 4.78 is 10.6. The Morgan fingerprint density at radius 3 is 2.32 bits per heavy atom. The number of rotatable bonds is 7. The van der Waals surface area contributed by atoms with Crippen LogP contribution in [0.2, 0.25) is 5.02 Å². The van der Waals surface area contributed by atoms with Crippen molar-refractivity contribution in [2.24, 2.45) is 0 Å². The molecule has 1 heterocycles. The van der Waals surface area contributed by atoms with E-state index in [0.29, 0.717) is 27.8 Å². The summed E-state index contributed by atoms with van der Waals surface area (Å²) in [5.74, 6) is -0.951. The molecule has 0 bridgehead atoms. The van der Waals surface area contributed by atoms with E-state index in [9.17, 15) is 19.2 Å². The fraction of sp³-hybridized carbons (Fsp3) is 0.111. The maximum absolute atomic E-state index is 13.0. The lowest BCUT2D eigenvalue weighted by Crippen LogP contribution is -2.54. The summed E-state index contributed by atoms with van der Waals surface area (Å²) in [7, 11) is 1.50. The summed E-state index contributed by atoms with van der Waals surface area (Å²) >= 11 is 6.07. The van der Waals surface area contributed by atoms with Crippen LogP contribution in [0.1, 0.15) is 11.1 Å². The molecule has 5 amide bonds. The maximum Gasteiger partial charge on any atom is 0.335 e. The molecule has 37 heavy (non-hydrogen) atoms. The Labute approximate surface area is 217 Å². The molecule has 0 aromatic heterocycles. The molecular weight excluding hydrogens is 498 g/mol. The average Bonchev–Trinajstić information content (AvgIpc) is 2.88. The predicted octanol–water partition coefficient (Wildman–Crippen LogP) is 4.34. The Hall–Kier alpha value is -4.63. The van der Waals surface area contributed by atoms with Crippen LogP contribution < -0.4 is 25.0 Å². The third-order valence-corrected chi connectivity index (χ3v) is 5.86. The van der Waals surface area contributed by atoms with E-state index in [1.165, 1.54) is 13.2 Å². The Morgan fingerprint density at radius 1 is 1.00 bits per heavy atom. The molecule has 4 rings (SSSR count). The topological polar surface area (TPSA) is 114 Å². The van der Waals surface area contributed by atoms with Crippen molar-refractivity contribution in [2.75, 3.05) is 23.9 Å². The minimum absolute atomic E-state index is 0.208. The largest absolute Gasteiger partial charge is 0.497 e. The van der Waals surface area contributed by atoms with Crippen LogP contribution in [0.5, 0.6) is 11.5 Å². The van der Waals surface area contributed by atoms with Gasteiger partial charge in [0.15, 0.2) is 6.61 Å². The average molecular weight is 520 g/mol. The third-order valence-electron chi connectivity index (χ3n) is 5.45. The number of benzene rings is 3. The number of methoxy groups -OCH3 is 1. The van der Waals surface area contributed by atoms with E-state index in [1.54, 1.807) is 66.7 Å². The van der Waals surface area contributed by atoms with Crippen molar-refractivity contribution in [1.82, 2.24) is 5.32 Å². The van der Waals surface area contributed by atoms with E-state index in [4.69, 9.17) is 21.1 Å². The Bertz CT molecular complexity index is 1400. The smallest absolute Gasteiger partial charge is 0.335 e.